The Morgan fingerprint density at radius 2 is 2.35 bits per heavy atom. The Kier molecular flexibility index (Phi) is 2.84. The second-order valence-corrected chi connectivity index (χ2v) is 4.85. The molecule has 1 aromatic rings. The van der Waals surface area contributed by atoms with Gasteiger partial charge in [-0.3, -0.25) is 4.79 Å². The summed E-state index contributed by atoms with van der Waals surface area (Å²) in [6.45, 7) is 2.61. The monoisotopic (exact) mass is 235 g/mol. The highest BCUT2D eigenvalue weighted by Crippen LogP contribution is 2.33. The highest BCUT2D eigenvalue weighted by Gasteiger charge is 2.25. The van der Waals surface area contributed by atoms with Crippen LogP contribution in [0.4, 0.5) is 0 Å². The van der Waals surface area contributed by atoms with Gasteiger partial charge >= 0.3 is 5.56 Å². The summed E-state index contributed by atoms with van der Waals surface area (Å²) in [4.78, 5) is 16.0. The van der Waals surface area contributed by atoms with Crippen LogP contribution in [0.15, 0.2) is 17.2 Å². The molecule has 1 unspecified atom stereocenters. The summed E-state index contributed by atoms with van der Waals surface area (Å²) in [5.41, 5.74) is -0.0824. The van der Waals surface area contributed by atoms with Crippen LogP contribution in [0, 0.1) is 5.92 Å². The van der Waals surface area contributed by atoms with Crippen molar-refractivity contribution in [2.24, 2.45) is 5.92 Å². The van der Waals surface area contributed by atoms with E-state index in [9.17, 15) is 4.79 Å². The van der Waals surface area contributed by atoms with Gasteiger partial charge < -0.3 is 14.6 Å². The Morgan fingerprint density at radius 1 is 1.47 bits per heavy atom. The third-order valence-corrected chi connectivity index (χ3v) is 3.39. The van der Waals surface area contributed by atoms with Crippen molar-refractivity contribution in [1.82, 2.24) is 14.9 Å². The Balaban J connectivity index is 1.69. The zero-order valence-electron chi connectivity index (χ0n) is 9.76. The molecule has 2 heterocycles. The van der Waals surface area contributed by atoms with Crippen molar-refractivity contribution in [3.63, 3.8) is 0 Å². The Labute approximate surface area is 99.8 Å². The molecule has 1 aromatic heterocycles. The molecule has 2 fully saturated rings. The smallest absolute Gasteiger partial charge is 0.313 e. The van der Waals surface area contributed by atoms with Gasteiger partial charge in [0, 0.05) is 30.9 Å². The number of ether oxygens (including phenoxy) is 1. The molecule has 92 valence electrons. The van der Waals surface area contributed by atoms with Crippen LogP contribution in [-0.4, -0.2) is 29.2 Å². The van der Waals surface area contributed by atoms with E-state index in [1.54, 1.807) is 17.0 Å². The summed E-state index contributed by atoms with van der Waals surface area (Å²) >= 11 is 0. The quantitative estimate of drug-likeness (QED) is 0.828. The van der Waals surface area contributed by atoms with E-state index in [2.05, 4.69) is 10.3 Å². The topological polar surface area (TPSA) is 56.1 Å². The molecular weight excluding hydrogens is 218 g/mol. The second-order valence-electron chi connectivity index (χ2n) is 4.85. The molecule has 5 heteroatoms. The standard InChI is InChI=1S/C12H17N3O2/c16-12-11(17-8-9-3-4-13-7-9)14-5-6-15(12)10-1-2-10/h5-6,9-10,13H,1-4,7-8H2. The maximum absolute atomic E-state index is 12.0. The summed E-state index contributed by atoms with van der Waals surface area (Å²) in [5.74, 6) is 0.761. The van der Waals surface area contributed by atoms with E-state index >= 15 is 0 Å². The van der Waals surface area contributed by atoms with Crippen molar-refractivity contribution in [2.45, 2.75) is 25.3 Å². The normalized spacial score (nSPS) is 23.9. The van der Waals surface area contributed by atoms with Gasteiger partial charge in [-0.15, -0.1) is 0 Å². The number of hydrogen-bond donors (Lipinski definition) is 1. The molecule has 1 atom stereocenters. The number of rotatable bonds is 4. The van der Waals surface area contributed by atoms with Gasteiger partial charge in [0.25, 0.3) is 5.88 Å². The minimum Gasteiger partial charge on any atom is -0.473 e. The first-order valence-electron chi connectivity index (χ1n) is 6.25. The molecule has 2 aliphatic rings. The van der Waals surface area contributed by atoms with Gasteiger partial charge in [-0.25, -0.2) is 4.98 Å². The summed E-state index contributed by atoms with van der Waals surface area (Å²) in [6, 6.07) is 0.376. The number of hydrogen-bond acceptors (Lipinski definition) is 4. The summed E-state index contributed by atoms with van der Waals surface area (Å²) in [6.07, 6.45) is 6.71. The molecule has 17 heavy (non-hydrogen) atoms. The lowest BCUT2D eigenvalue weighted by Gasteiger charge is -2.10. The van der Waals surface area contributed by atoms with Crippen molar-refractivity contribution in [3.05, 3.63) is 22.7 Å². The molecular formula is C12H17N3O2. The maximum Gasteiger partial charge on any atom is 0.313 e. The first-order valence-corrected chi connectivity index (χ1v) is 6.25. The molecule has 0 spiro atoms. The summed E-state index contributed by atoms with van der Waals surface area (Å²) in [5, 5.41) is 3.28. The molecule has 0 bridgehead atoms. The lowest BCUT2D eigenvalue weighted by atomic mass is 10.1. The van der Waals surface area contributed by atoms with Crippen molar-refractivity contribution in [3.8, 4) is 5.88 Å². The first kappa shape index (κ1) is 10.8. The van der Waals surface area contributed by atoms with Crippen molar-refractivity contribution < 1.29 is 4.74 Å². The number of nitrogens with one attached hydrogen (secondary N) is 1. The molecule has 1 saturated heterocycles. The van der Waals surface area contributed by atoms with E-state index in [0.29, 0.717) is 18.6 Å². The first-order chi connectivity index (χ1) is 8.34. The lowest BCUT2D eigenvalue weighted by Crippen LogP contribution is -2.24. The van der Waals surface area contributed by atoms with Gasteiger partial charge in [-0.05, 0) is 25.8 Å². The van der Waals surface area contributed by atoms with Crippen molar-refractivity contribution >= 4 is 0 Å². The minimum absolute atomic E-state index is 0.0824. The average Bonchev–Trinajstić information content (AvgIpc) is 3.04. The lowest BCUT2D eigenvalue weighted by molar-refractivity contribution is 0.245. The van der Waals surface area contributed by atoms with E-state index in [1.165, 1.54) is 0 Å². The molecule has 0 radical (unpaired) electrons. The van der Waals surface area contributed by atoms with Gasteiger partial charge in [-0.2, -0.15) is 0 Å². The van der Waals surface area contributed by atoms with Gasteiger partial charge in [0.1, 0.15) is 0 Å². The summed E-state index contributed by atoms with van der Waals surface area (Å²) < 4.78 is 7.30. The molecule has 0 aromatic carbocycles. The fourth-order valence-electron chi connectivity index (χ4n) is 2.20. The Hall–Kier alpha value is -1.36. The molecule has 1 saturated carbocycles. The Morgan fingerprint density at radius 3 is 3.06 bits per heavy atom. The fraction of sp³-hybridized carbons (Fsp3) is 0.667. The van der Waals surface area contributed by atoms with Crippen molar-refractivity contribution in [1.29, 1.82) is 0 Å². The van der Waals surface area contributed by atoms with Crippen LogP contribution in [0.1, 0.15) is 25.3 Å². The highest BCUT2D eigenvalue weighted by atomic mass is 16.5. The van der Waals surface area contributed by atoms with E-state index < -0.39 is 0 Å². The number of aromatic nitrogens is 2. The predicted molar refractivity (Wildman–Crippen MR) is 63.2 cm³/mol. The van der Waals surface area contributed by atoms with Gasteiger partial charge in [0.2, 0.25) is 0 Å². The van der Waals surface area contributed by atoms with Crippen LogP contribution in [0.3, 0.4) is 0 Å². The fourth-order valence-corrected chi connectivity index (χ4v) is 2.20. The minimum atomic E-state index is -0.0824. The molecule has 5 nitrogen and oxygen atoms in total. The maximum atomic E-state index is 12.0. The van der Waals surface area contributed by atoms with Gasteiger partial charge in [-0.1, -0.05) is 0 Å². The van der Waals surface area contributed by atoms with Crippen LogP contribution in [0.2, 0.25) is 0 Å². The van der Waals surface area contributed by atoms with E-state index in [-0.39, 0.29) is 11.4 Å². The van der Waals surface area contributed by atoms with Crippen LogP contribution in [-0.2, 0) is 0 Å². The van der Waals surface area contributed by atoms with Crippen LogP contribution in [0.5, 0.6) is 5.88 Å². The second kappa shape index (κ2) is 4.49. The molecule has 0 amide bonds. The largest absolute Gasteiger partial charge is 0.473 e. The summed E-state index contributed by atoms with van der Waals surface area (Å²) in [7, 11) is 0. The molecule has 1 N–H and O–H groups in total. The third kappa shape index (κ3) is 2.34. The Bertz CT molecular complexity index is 447. The van der Waals surface area contributed by atoms with Gasteiger partial charge in [0.15, 0.2) is 0 Å². The molecule has 3 rings (SSSR count). The average molecular weight is 235 g/mol. The van der Waals surface area contributed by atoms with Crippen LogP contribution >= 0.6 is 0 Å². The van der Waals surface area contributed by atoms with E-state index in [4.69, 9.17) is 4.74 Å². The highest BCUT2D eigenvalue weighted by molar-refractivity contribution is 5.07. The zero-order valence-corrected chi connectivity index (χ0v) is 9.76. The van der Waals surface area contributed by atoms with Crippen LogP contribution < -0.4 is 15.6 Å². The predicted octanol–water partition coefficient (Wildman–Crippen LogP) is 0.566. The zero-order chi connectivity index (χ0) is 11.7. The molecule has 1 aliphatic carbocycles. The van der Waals surface area contributed by atoms with E-state index in [0.717, 1.165) is 32.4 Å². The number of nitrogens with zero attached hydrogens (tertiary/aromatic N) is 2. The molecule has 1 aliphatic heterocycles. The van der Waals surface area contributed by atoms with Gasteiger partial charge in [0.05, 0.1) is 6.61 Å². The third-order valence-electron chi connectivity index (χ3n) is 3.39. The van der Waals surface area contributed by atoms with Crippen molar-refractivity contribution in [2.75, 3.05) is 19.7 Å². The van der Waals surface area contributed by atoms with Crippen LogP contribution in [0.25, 0.3) is 0 Å². The van der Waals surface area contributed by atoms with E-state index in [1.807, 2.05) is 0 Å². The SMILES string of the molecule is O=c1c(OCC2CCNC2)nccn1C1CC1.